The number of halogens is 1. The first kappa shape index (κ1) is 18.6. The van der Waals surface area contributed by atoms with E-state index < -0.39 is 10.8 Å². The molecule has 2 aliphatic rings. The number of benzene rings is 1. The molecule has 1 aromatic rings. The summed E-state index contributed by atoms with van der Waals surface area (Å²) in [7, 11) is 1.74. The van der Waals surface area contributed by atoms with Crippen molar-refractivity contribution >= 4 is 29.1 Å². The number of fused-ring (bicyclic) bond motifs is 2. The highest BCUT2D eigenvalue weighted by Crippen LogP contribution is 2.29. The van der Waals surface area contributed by atoms with Crippen LogP contribution in [-0.2, 0) is 4.79 Å². The zero-order valence-corrected chi connectivity index (χ0v) is 15.2. The van der Waals surface area contributed by atoms with Gasteiger partial charge in [-0.15, -0.1) is 0 Å². The number of hydrogen-bond acceptors (Lipinski definition) is 5. The quantitative estimate of drug-likeness (QED) is 0.597. The summed E-state index contributed by atoms with van der Waals surface area (Å²) in [4.78, 5) is 36.9. The molecule has 0 aromatic heterocycles. The maximum absolute atomic E-state index is 12.4. The van der Waals surface area contributed by atoms with Crippen LogP contribution in [0.1, 0.15) is 36.0 Å². The minimum atomic E-state index is -0.727. The number of carbonyl (C=O) groups excluding carboxylic acids is 2. The molecule has 2 unspecified atom stereocenters. The highest BCUT2D eigenvalue weighted by molar-refractivity contribution is 6.34. The summed E-state index contributed by atoms with van der Waals surface area (Å²) in [5, 5.41) is 17.0. The molecule has 26 heavy (non-hydrogen) atoms. The molecule has 2 amide bonds. The van der Waals surface area contributed by atoms with Gasteiger partial charge in [0.1, 0.15) is 5.56 Å². The molecule has 1 aromatic carbocycles. The molecule has 8 nitrogen and oxygen atoms in total. The predicted molar refractivity (Wildman–Crippen MR) is 96.2 cm³/mol. The SMILES string of the molecule is CN(C(=O)CNC(=O)c1c(Cl)cccc1[N+](=O)[O-])C1CC2CCC(C1)N2. The Morgan fingerprint density at radius 3 is 2.62 bits per heavy atom. The summed E-state index contributed by atoms with van der Waals surface area (Å²) in [5.41, 5.74) is -0.611. The van der Waals surface area contributed by atoms with Crippen LogP contribution in [0.25, 0.3) is 0 Å². The Morgan fingerprint density at radius 2 is 2.00 bits per heavy atom. The van der Waals surface area contributed by atoms with E-state index in [1.54, 1.807) is 11.9 Å². The summed E-state index contributed by atoms with van der Waals surface area (Å²) in [6.45, 7) is -0.225. The standard InChI is InChI=1S/C17H21ClN4O4/c1-21(12-7-10-5-6-11(8-12)20-10)15(23)9-19-17(24)16-13(18)3-2-4-14(16)22(25)26/h2-4,10-12,20H,5-9H2,1H3,(H,19,24). The predicted octanol–water partition coefficient (Wildman–Crippen LogP) is 1.72. The fourth-order valence-electron chi connectivity index (χ4n) is 3.81. The number of rotatable bonds is 5. The number of nitro benzene ring substituents is 1. The number of nitro groups is 1. The van der Waals surface area contributed by atoms with Crippen molar-refractivity contribution in [3.8, 4) is 0 Å². The van der Waals surface area contributed by atoms with E-state index >= 15 is 0 Å². The van der Waals surface area contributed by atoms with Crippen molar-refractivity contribution in [1.29, 1.82) is 0 Å². The Balaban J connectivity index is 1.61. The van der Waals surface area contributed by atoms with Gasteiger partial charge in [-0.1, -0.05) is 17.7 Å². The Kier molecular flexibility index (Phi) is 5.43. The molecule has 2 saturated heterocycles. The van der Waals surface area contributed by atoms with Crippen molar-refractivity contribution in [3.63, 3.8) is 0 Å². The van der Waals surface area contributed by atoms with Crippen LogP contribution in [0.2, 0.25) is 5.02 Å². The van der Waals surface area contributed by atoms with Crippen molar-refractivity contribution in [2.45, 2.75) is 43.8 Å². The van der Waals surface area contributed by atoms with Crippen LogP contribution in [0.5, 0.6) is 0 Å². The van der Waals surface area contributed by atoms with Gasteiger partial charge in [0, 0.05) is 31.2 Å². The lowest BCUT2D eigenvalue weighted by molar-refractivity contribution is -0.385. The molecule has 140 valence electrons. The molecule has 2 N–H and O–H groups in total. The van der Waals surface area contributed by atoms with E-state index in [1.165, 1.54) is 18.2 Å². The van der Waals surface area contributed by atoms with Gasteiger partial charge < -0.3 is 15.5 Å². The number of hydrogen-bond donors (Lipinski definition) is 2. The van der Waals surface area contributed by atoms with Gasteiger partial charge in [-0.25, -0.2) is 0 Å². The van der Waals surface area contributed by atoms with Crippen LogP contribution < -0.4 is 10.6 Å². The Morgan fingerprint density at radius 1 is 1.35 bits per heavy atom. The fraction of sp³-hybridized carbons (Fsp3) is 0.529. The molecule has 0 spiro atoms. The lowest BCUT2D eigenvalue weighted by Crippen LogP contribution is -2.50. The largest absolute Gasteiger partial charge is 0.343 e. The highest BCUT2D eigenvalue weighted by atomic mass is 35.5. The van der Waals surface area contributed by atoms with Crippen LogP contribution >= 0.6 is 11.6 Å². The normalized spacial score (nSPS) is 24.2. The first-order valence-electron chi connectivity index (χ1n) is 8.59. The Hall–Kier alpha value is -2.19. The van der Waals surface area contributed by atoms with Gasteiger partial charge in [-0.05, 0) is 31.7 Å². The van der Waals surface area contributed by atoms with Gasteiger partial charge in [0.25, 0.3) is 11.6 Å². The van der Waals surface area contributed by atoms with Crippen molar-refractivity contribution in [2.24, 2.45) is 0 Å². The molecule has 0 radical (unpaired) electrons. The molecule has 2 bridgehead atoms. The molecule has 2 fully saturated rings. The van der Waals surface area contributed by atoms with Gasteiger partial charge in [0.15, 0.2) is 0 Å². The van der Waals surface area contributed by atoms with Crippen molar-refractivity contribution in [1.82, 2.24) is 15.5 Å². The number of nitrogens with one attached hydrogen (secondary N) is 2. The summed E-state index contributed by atoms with van der Waals surface area (Å²) in [5.74, 6) is -0.950. The molecule has 0 aliphatic carbocycles. The van der Waals surface area contributed by atoms with E-state index in [-0.39, 0.29) is 34.8 Å². The van der Waals surface area contributed by atoms with Gasteiger partial charge in [0.2, 0.25) is 5.91 Å². The molecule has 2 aliphatic heterocycles. The third-order valence-corrected chi connectivity index (χ3v) is 5.52. The minimum Gasteiger partial charge on any atom is -0.343 e. The number of nitrogens with zero attached hydrogens (tertiary/aromatic N) is 2. The fourth-order valence-corrected chi connectivity index (χ4v) is 4.06. The minimum absolute atomic E-state index is 0.0209. The topological polar surface area (TPSA) is 105 Å². The molecular weight excluding hydrogens is 360 g/mol. The van der Waals surface area contributed by atoms with E-state index in [1.807, 2.05) is 0 Å². The molecule has 0 saturated carbocycles. The summed E-state index contributed by atoms with van der Waals surface area (Å²) in [6, 6.07) is 5.07. The van der Waals surface area contributed by atoms with Crippen LogP contribution in [-0.4, -0.2) is 53.4 Å². The maximum atomic E-state index is 12.4. The zero-order chi connectivity index (χ0) is 18.8. The van der Waals surface area contributed by atoms with Gasteiger partial charge in [-0.3, -0.25) is 19.7 Å². The first-order valence-corrected chi connectivity index (χ1v) is 8.97. The van der Waals surface area contributed by atoms with E-state index in [4.69, 9.17) is 11.6 Å². The second kappa shape index (κ2) is 7.59. The second-order valence-electron chi connectivity index (χ2n) is 6.84. The van der Waals surface area contributed by atoms with Crippen LogP contribution in [0, 0.1) is 10.1 Å². The molecular formula is C17H21ClN4O4. The number of piperidine rings is 1. The Labute approximate surface area is 156 Å². The monoisotopic (exact) mass is 380 g/mol. The molecule has 9 heteroatoms. The zero-order valence-electron chi connectivity index (χ0n) is 14.4. The summed E-state index contributed by atoms with van der Waals surface area (Å²) < 4.78 is 0. The molecule has 2 heterocycles. The van der Waals surface area contributed by atoms with Crippen molar-refractivity contribution in [3.05, 3.63) is 38.9 Å². The lowest BCUT2D eigenvalue weighted by atomic mass is 9.98. The first-order chi connectivity index (χ1) is 12.4. The van der Waals surface area contributed by atoms with Crippen molar-refractivity contribution in [2.75, 3.05) is 13.6 Å². The third-order valence-electron chi connectivity index (χ3n) is 5.20. The average Bonchev–Trinajstić information content (AvgIpc) is 2.96. The van der Waals surface area contributed by atoms with E-state index in [9.17, 15) is 19.7 Å². The van der Waals surface area contributed by atoms with Crippen LogP contribution in [0.4, 0.5) is 5.69 Å². The summed E-state index contributed by atoms with van der Waals surface area (Å²) >= 11 is 5.94. The van der Waals surface area contributed by atoms with Crippen LogP contribution in [0.15, 0.2) is 18.2 Å². The van der Waals surface area contributed by atoms with Crippen molar-refractivity contribution < 1.29 is 14.5 Å². The van der Waals surface area contributed by atoms with E-state index in [0.29, 0.717) is 12.1 Å². The van der Waals surface area contributed by atoms with Crippen LogP contribution in [0.3, 0.4) is 0 Å². The lowest BCUT2D eigenvalue weighted by Gasteiger charge is -2.35. The Bertz CT molecular complexity index is 729. The number of carbonyl (C=O) groups is 2. The molecule has 2 atom stereocenters. The van der Waals surface area contributed by atoms with E-state index in [0.717, 1.165) is 25.7 Å². The van der Waals surface area contributed by atoms with Gasteiger partial charge in [0.05, 0.1) is 16.5 Å². The number of amides is 2. The second-order valence-corrected chi connectivity index (χ2v) is 7.25. The third kappa shape index (κ3) is 3.81. The number of likely N-dealkylation sites (N-methyl/N-ethyl adjacent to an activating group) is 1. The average molecular weight is 381 g/mol. The maximum Gasteiger partial charge on any atom is 0.283 e. The molecule has 3 rings (SSSR count). The van der Waals surface area contributed by atoms with Gasteiger partial charge >= 0.3 is 0 Å². The van der Waals surface area contributed by atoms with Gasteiger partial charge in [-0.2, -0.15) is 0 Å². The smallest absolute Gasteiger partial charge is 0.283 e. The highest BCUT2D eigenvalue weighted by Gasteiger charge is 2.36. The van der Waals surface area contributed by atoms with E-state index in [2.05, 4.69) is 10.6 Å². The summed E-state index contributed by atoms with van der Waals surface area (Å²) in [6.07, 6.45) is 4.08.